The minimum atomic E-state index is -0.582. The molecule has 0 aliphatic rings. The van der Waals surface area contributed by atoms with E-state index in [1.807, 2.05) is 18.2 Å². The van der Waals surface area contributed by atoms with E-state index in [1.165, 1.54) is 25.3 Å². The van der Waals surface area contributed by atoms with Gasteiger partial charge in [-0.05, 0) is 36.2 Å². The second kappa shape index (κ2) is 7.60. The largest absolute Gasteiger partial charge is 0.490 e. The first-order valence-corrected chi connectivity index (χ1v) is 7.24. The van der Waals surface area contributed by atoms with Crippen molar-refractivity contribution in [3.63, 3.8) is 0 Å². The van der Waals surface area contributed by atoms with Gasteiger partial charge in [-0.2, -0.15) is 0 Å². The highest BCUT2D eigenvalue weighted by Crippen LogP contribution is 2.27. The van der Waals surface area contributed by atoms with Gasteiger partial charge >= 0.3 is 5.69 Å². The van der Waals surface area contributed by atoms with Gasteiger partial charge in [0, 0.05) is 23.2 Å². The predicted molar refractivity (Wildman–Crippen MR) is 87.1 cm³/mol. The molecule has 7 heteroatoms. The number of methoxy groups -OCH3 is 1. The fourth-order valence-corrected chi connectivity index (χ4v) is 2.30. The molecule has 1 N–H and O–H groups in total. The summed E-state index contributed by atoms with van der Waals surface area (Å²) in [6.07, 6.45) is 0.616. The summed E-state index contributed by atoms with van der Waals surface area (Å²) in [5, 5.41) is 14.3. The van der Waals surface area contributed by atoms with Crippen molar-refractivity contribution >= 4 is 23.2 Å². The normalized spacial score (nSPS) is 10.2. The number of nitro groups is 1. The quantitative estimate of drug-likeness (QED) is 0.649. The zero-order chi connectivity index (χ0) is 16.8. The second-order valence-electron chi connectivity index (χ2n) is 4.78. The molecule has 2 aromatic rings. The third kappa shape index (κ3) is 4.43. The van der Waals surface area contributed by atoms with Gasteiger partial charge in [0.1, 0.15) is 0 Å². The lowest BCUT2D eigenvalue weighted by Gasteiger charge is -2.07. The van der Waals surface area contributed by atoms with Crippen LogP contribution in [0.4, 0.5) is 5.69 Å². The summed E-state index contributed by atoms with van der Waals surface area (Å²) in [7, 11) is 1.34. The van der Waals surface area contributed by atoms with Crippen LogP contribution in [-0.2, 0) is 6.42 Å². The molecule has 0 aromatic heterocycles. The van der Waals surface area contributed by atoms with Crippen molar-refractivity contribution in [3.8, 4) is 5.75 Å². The van der Waals surface area contributed by atoms with E-state index in [4.69, 9.17) is 16.3 Å². The Labute approximate surface area is 138 Å². The number of ether oxygens (including phenoxy) is 1. The van der Waals surface area contributed by atoms with Gasteiger partial charge < -0.3 is 10.1 Å². The monoisotopic (exact) mass is 334 g/mol. The number of amides is 1. The Morgan fingerprint density at radius 2 is 2.09 bits per heavy atom. The van der Waals surface area contributed by atoms with Crippen LogP contribution in [0.15, 0.2) is 42.5 Å². The number of nitrogens with one attached hydrogen (secondary N) is 1. The minimum absolute atomic E-state index is 0.116. The summed E-state index contributed by atoms with van der Waals surface area (Å²) in [5.74, 6) is -0.261. The van der Waals surface area contributed by atoms with Crippen LogP contribution in [0.3, 0.4) is 0 Å². The highest BCUT2D eigenvalue weighted by Gasteiger charge is 2.17. The summed E-state index contributed by atoms with van der Waals surface area (Å²) in [6, 6.07) is 11.5. The SMILES string of the molecule is COc1ccc(C(=O)NCCc2cccc(Cl)c2)cc1[N+](=O)[O-]. The van der Waals surface area contributed by atoms with E-state index in [0.717, 1.165) is 5.56 Å². The third-order valence-electron chi connectivity index (χ3n) is 3.23. The molecular formula is C16H15ClN2O4. The molecule has 0 fully saturated rings. The van der Waals surface area contributed by atoms with Crippen molar-refractivity contribution in [3.05, 3.63) is 68.7 Å². The van der Waals surface area contributed by atoms with E-state index >= 15 is 0 Å². The van der Waals surface area contributed by atoms with Gasteiger partial charge in [-0.3, -0.25) is 14.9 Å². The van der Waals surface area contributed by atoms with Crippen molar-refractivity contribution in [2.24, 2.45) is 0 Å². The second-order valence-corrected chi connectivity index (χ2v) is 5.22. The zero-order valence-corrected chi connectivity index (χ0v) is 13.2. The van der Waals surface area contributed by atoms with E-state index in [1.54, 1.807) is 6.07 Å². The molecule has 0 unspecified atom stereocenters. The Hall–Kier alpha value is -2.60. The Morgan fingerprint density at radius 3 is 2.74 bits per heavy atom. The Balaban J connectivity index is 2.00. The van der Waals surface area contributed by atoms with E-state index < -0.39 is 4.92 Å². The molecule has 0 heterocycles. The summed E-state index contributed by atoms with van der Waals surface area (Å²) in [4.78, 5) is 22.5. The van der Waals surface area contributed by atoms with Gasteiger partial charge in [-0.1, -0.05) is 23.7 Å². The van der Waals surface area contributed by atoms with Crippen LogP contribution in [0.5, 0.6) is 5.75 Å². The van der Waals surface area contributed by atoms with E-state index in [-0.39, 0.29) is 22.9 Å². The lowest BCUT2D eigenvalue weighted by Crippen LogP contribution is -2.25. The van der Waals surface area contributed by atoms with Gasteiger partial charge in [-0.25, -0.2) is 0 Å². The Bertz CT molecular complexity index is 734. The molecule has 120 valence electrons. The van der Waals surface area contributed by atoms with Crippen molar-refractivity contribution in [2.45, 2.75) is 6.42 Å². The van der Waals surface area contributed by atoms with Gasteiger partial charge in [0.05, 0.1) is 12.0 Å². The van der Waals surface area contributed by atoms with Crippen LogP contribution in [0, 0.1) is 10.1 Å². The lowest BCUT2D eigenvalue weighted by atomic mass is 10.1. The molecule has 1 amide bonds. The molecule has 0 spiro atoms. The summed E-state index contributed by atoms with van der Waals surface area (Å²) in [6.45, 7) is 0.402. The highest BCUT2D eigenvalue weighted by molar-refractivity contribution is 6.30. The molecule has 0 saturated heterocycles. The standard InChI is InChI=1S/C16H15ClN2O4/c1-23-15-6-5-12(10-14(15)19(21)22)16(20)18-8-7-11-3-2-4-13(17)9-11/h2-6,9-10H,7-8H2,1H3,(H,18,20). The predicted octanol–water partition coefficient (Wildman–Crippen LogP) is 3.23. The zero-order valence-electron chi connectivity index (χ0n) is 12.4. The fourth-order valence-electron chi connectivity index (χ4n) is 2.09. The molecule has 0 saturated carbocycles. The third-order valence-corrected chi connectivity index (χ3v) is 3.46. The Morgan fingerprint density at radius 1 is 1.30 bits per heavy atom. The van der Waals surface area contributed by atoms with Crippen molar-refractivity contribution in [1.29, 1.82) is 0 Å². The summed E-state index contributed by atoms with van der Waals surface area (Å²) < 4.78 is 4.91. The van der Waals surface area contributed by atoms with Crippen LogP contribution < -0.4 is 10.1 Å². The topological polar surface area (TPSA) is 81.5 Å². The van der Waals surface area contributed by atoms with E-state index in [9.17, 15) is 14.9 Å². The number of nitro benzene ring substituents is 1. The van der Waals surface area contributed by atoms with Gasteiger partial charge in [0.25, 0.3) is 5.91 Å². The van der Waals surface area contributed by atoms with E-state index in [2.05, 4.69) is 5.32 Å². The summed E-state index contributed by atoms with van der Waals surface area (Å²) in [5.41, 5.74) is 0.970. The van der Waals surface area contributed by atoms with Crippen LogP contribution in [0.25, 0.3) is 0 Å². The van der Waals surface area contributed by atoms with E-state index in [0.29, 0.717) is 18.0 Å². The summed E-state index contributed by atoms with van der Waals surface area (Å²) >= 11 is 5.89. The maximum atomic E-state index is 12.1. The molecule has 0 aliphatic carbocycles. The molecule has 0 bridgehead atoms. The first-order valence-electron chi connectivity index (χ1n) is 6.86. The molecule has 0 atom stereocenters. The van der Waals surface area contributed by atoms with Crippen LogP contribution in [0.1, 0.15) is 15.9 Å². The maximum Gasteiger partial charge on any atom is 0.311 e. The molecule has 0 radical (unpaired) electrons. The first-order chi connectivity index (χ1) is 11.0. The number of carbonyl (C=O) groups excluding carboxylic acids is 1. The molecule has 6 nitrogen and oxygen atoms in total. The number of benzene rings is 2. The average Bonchev–Trinajstić information content (AvgIpc) is 2.54. The molecule has 23 heavy (non-hydrogen) atoms. The van der Waals surface area contributed by atoms with Crippen molar-refractivity contribution < 1.29 is 14.5 Å². The number of nitrogens with zero attached hydrogens (tertiary/aromatic N) is 1. The molecule has 2 rings (SSSR count). The maximum absolute atomic E-state index is 12.1. The molecule has 0 aliphatic heterocycles. The van der Waals surface area contributed by atoms with Crippen LogP contribution in [-0.4, -0.2) is 24.5 Å². The Kier molecular flexibility index (Phi) is 5.54. The smallest absolute Gasteiger partial charge is 0.311 e. The molecule has 2 aromatic carbocycles. The van der Waals surface area contributed by atoms with Crippen LogP contribution in [0.2, 0.25) is 5.02 Å². The molecular weight excluding hydrogens is 320 g/mol. The number of hydrogen-bond donors (Lipinski definition) is 1. The average molecular weight is 335 g/mol. The number of hydrogen-bond acceptors (Lipinski definition) is 4. The van der Waals surface area contributed by atoms with Crippen molar-refractivity contribution in [2.75, 3.05) is 13.7 Å². The number of halogens is 1. The van der Waals surface area contributed by atoms with Gasteiger partial charge in [-0.15, -0.1) is 0 Å². The van der Waals surface area contributed by atoms with Crippen LogP contribution >= 0.6 is 11.6 Å². The first kappa shape index (κ1) is 16.8. The highest BCUT2D eigenvalue weighted by atomic mass is 35.5. The van der Waals surface area contributed by atoms with Crippen molar-refractivity contribution in [1.82, 2.24) is 5.32 Å². The number of carbonyl (C=O) groups is 1. The minimum Gasteiger partial charge on any atom is -0.490 e. The number of rotatable bonds is 6. The van der Waals surface area contributed by atoms with Gasteiger partial charge in [0.2, 0.25) is 0 Å². The lowest BCUT2D eigenvalue weighted by molar-refractivity contribution is -0.385. The van der Waals surface area contributed by atoms with Gasteiger partial charge in [0.15, 0.2) is 5.75 Å². The fraction of sp³-hybridized carbons (Fsp3) is 0.188.